The summed E-state index contributed by atoms with van der Waals surface area (Å²) in [5, 5.41) is 0. The number of allylic oxidation sites excluding steroid dienone is 2. The summed E-state index contributed by atoms with van der Waals surface area (Å²) in [6, 6.07) is 17.4. The molecule has 0 bridgehead atoms. The summed E-state index contributed by atoms with van der Waals surface area (Å²) < 4.78 is 5.73. The first-order chi connectivity index (χ1) is 12.1. The summed E-state index contributed by atoms with van der Waals surface area (Å²) in [6.07, 6.45) is 5.38. The number of carbonyl (C=O) groups excluding carboxylic acids is 3. The lowest BCUT2D eigenvalue weighted by Gasteiger charge is -2.27. The standard InChI is InChI=1S/C21H16O4/c22-18-11-13-21(14-12-18,20(24)17-9-5-2-6-10-17)25-15-19(23)16-7-3-1-4-8-16/h1-14H,15H2. The largest absolute Gasteiger partial charge is 0.350 e. The highest BCUT2D eigenvalue weighted by molar-refractivity contribution is 6.10. The van der Waals surface area contributed by atoms with E-state index in [2.05, 4.69) is 0 Å². The Morgan fingerprint density at radius 2 is 1.32 bits per heavy atom. The van der Waals surface area contributed by atoms with Crippen molar-refractivity contribution in [2.75, 3.05) is 6.61 Å². The van der Waals surface area contributed by atoms with Crippen LogP contribution in [0.15, 0.2) is 85.0 Å². The second kappa shape index (κ2) is 7.20. The zero-order chi connectivity index (χ0) is 17.7. The van der Waals surface area contributed by atoms with Crippen molar-refractivity contribution in [3.8, 4) is 0 Å². The van der Waals surface area contributed by atoms with Crippen molar-refractivity contribution >= 4 is 17.3 Å². The van der Waals surface area contributed by atoms with Gasteiger partial charge in [-0.3, -0.25) is 14.4 Å². The van der Waals surface area contributed by atoms with Gasteiger partial charge in [0.05, 0.1) is 0 Å². The molecule has 0 fully saturated rings. The lowest BCUT2D eigenvalue weighted by Crippen LogP contribution is -2.41. The first kappa shape index (κ1) is 16.7. The van der Waals surface area contributed by atoms with E-state index >= 15 is 0 Å². The molecule has 0 heterocycles. The number of ether oxygens (including phenoxy) is 1. The van der Waals surface area contributed by atoms with E-state index in [0.29, 0.717) is 11.1 Å². The van der Waals surface area contributed by atoms with E-state index in [1.807, 2.05) is 6.07 Å². The number of ketones is 3. The number of carbonyl (C=O) groups is 3. The highest BCUT2D eigenvalue weighted by Crippen LogP contribution is 2.25. The Kier molecular flexibility index (Phi) is 4.82. The third-order valence-electron chi connectivity index (χ3n) is 3.92. The van der Waals surface area contributed by atoms with E-state index in [1.54, 1.807) is 54.6 Å². The summed E-state index contributed by atoms with van der Waals surface area (Å²) in [5.74, 6) is -0.789. The molecule has 0 unspecified atom stereocenters. The second-order valence-electron chi connectivity index (χ2n) is 5.64. The molecule has 4 nitrogen and oxygen atoms in total. The molecule has 4 heteroatoms. The van der Waals surface area contributed by atoms with Gasteiger partial charge in [0.25, 0.3) is 0 Å². The summed E-state index contributed by atoms with van der Waals surface area (Å²) in [4.78, 5) is 36.7. The number of hydrogen-bond donors (Lipinski definition) is 0. The Hall–Kier alpha value is -3.11. The second-order valence-corrected chi connectivity index (χ2v) is 5.64. The minimum Gasteiger partial charge on any atom is -0.350 e. The van der Waals surface area contributed by atoms with Crippen molar-refractivity contribution in [1.29, 1.82) is 0 Å². The molecule has 2 aromatic carbocycles. The summed E-state index contributed by atoms with van der Waals surface area (Å²) in [6.45, 7) is -0.272. The van der Waals surface area contributed by atoms with Gasteiger partial charge in [-0.1, -0.05) is 60.7 Å². The predicted octanol–water partition coefficient (Wildman–Crippen LogP) is 3.20. The molecule has 0 aromatic heterocycles. The number of rotatable bonds is 6. The number of Topliss-reactive ketones (excluding diaryl/α,β-unsaturated/α-hetero) is 2. The Morgan fingerprint density at radius 3 is 1.88 bits per heavy atom. The van der Waals surface area contributed by atoms with E-state index in [-0.39, 0.29) is 24.0 Å². The summed E-state index contributed by atoms with van der Waals surface area (Å²) in [7, 11) is 0. The van der Waals surface area contributed by atoms with Crippen molar-refractivity contribution in [2.45, 2.75) is 5.60 Å². The van der Waals surface area contributed by atoms with E-state index in [4.69, 9.17) is 4.74 Å². The minimum absolute atomic E-state index is 0.227. The van der Waals surface area contributed by atoms with Crippen LogP contribution in [-0.4, -0.2) is 29.6 Å². The van der Waals surface area contributed by atoms with Gasteiger partial charge in [0.15, 0.2) is 17.2 Å². The molecule has 2 aromatic rings. The predicted molar refractivity (Wildman–Crippen MR) is 93.5 cm³/mol. The third-order valence-corrected chi connectivity index (χ3v) is 3.92. The van der Waals surface area contributed by atoms with Crippen LogP contribution in [0.5, 0.6) is 0 Å². The van der Waals surface area contributed by atoms with Crippen LogP contribution in [0.3, 0.4) is 0 Å². The van der Waals surface area contributed by atoms with E-state index in [1.165, 1.54) is 24.3 Å². The zero-order valence-electron chi connectivity index (χ0n) is 13.4. The maximum absolute atomic E-state index is 12.9. The quantitative estimate of drug-likeness (QED) is 0.762. The molecule has 124 valence electrons. The molecule has 0 spiro atoms. The first-order valence-electron chi connectivity index (χ1n) is 7.85. The van der Waals surface area contributed by atoms with Crippen LogP contribution in [0.25, 0.3) is 0 Å². The molecule has 0 aliphatic heterocycles. The van der Waals surface area contributed by atoms with Gasteiger partial charge in [-0.2, -0.15) is 0 Å². The first-order valence-corrected chi connectivity index (χ1v) is 7.85. The highest BCUT2D eigenvalue weighted by Gasteiger charge is 2.37. The van der Waals surface area contributed by atoms with Gasteiger partial charge in [-0.15, -0.1) is 0 Å². The van der Waals surface area contributed by atoms with Crippen LogP contribution in [0.1, 0.15) is 20.7 Å². The Morgan fingerprint density at radius 1 is 0.800 bits per heavy atom. The van der Waals surface area contributed by atoms with Gasteiger partial charge in [0.1, 0.15) is 6.61 Å². The maximum atomic E-state index is 12.9. The molecule has 1 aliphatic carbocycles. The summed E-state index contributed by atoms with van der Waals surface area (Å²) in [5.41, 5.74) is -0.511. The van der Waals surface area contributed by atoms with Crippen LogP contribution >= 0.6 is 0 Å². The molecule has 0 radical (unpaired) electrons. The van der Waals surface area contributed by atoms with Crippen molar-refractivity contribution in [3.05, 3.63) is 96.1 Å². The van der Waals surface area contributed by atoms with Crippen LogP contribution in [0.2, 0.25) is 0 Å². The fraction of sp³-hybridized carbons (Fsp3) is 0.0952. The average Bonchev–Trinajstić information content (AvgIpc) is 2.68. The zero-order valence-corrected chi connectivity index (χ0v) is 13.4. The molecular weight excluding hydrogens is 316 g/mol. The lowest BCUT2D eigenvalue weighted by molar-refractivity contribution is -0.110. The molecule has 3 rings (SSSR count). The Balaban J connectivity index is 1.85. The van der Waals surface area contributed by atoms with E-state index in [0.717, 1.165) is 0 Å². The van der Waals surface area contributed by atoms with E-state index in [9.17, 15) is 14.4 Å². The Labute approximate surface area is 145 Å². The number of hydrogen-bond acceptors (Lipinski definition) is 4. The van der Waals surface area contributed by atoms with Crippen molar-refractivity contribution < 1.29 is 19.1 Å². The molecule has 0 N–H and O–H groups in total. The fourth-order valence-electron chi connectivity index (χ4n) is 2.54. The van der Waals surface area contributed by atoms with Gasteiger partial charge in [-0.25, -0.2) is 0 Å². The van der Waals surface area contributed by atoms with Gasteiger partial charge in [-0.05, 0) is 24.3 Å². The lowest BCUT2D eigenvalue weighted by atomic mass is 9.88. The van der Waals surface area contributed by atoms with Crippen LogP contribution in [0.4, 0.5) is 0 Å². The van der Waals surface area contributed by atoms with Crippen molar-refractivity contribution in [1.82, 2.24) is 0 Å². The molecular formula is C21H16O4. The molecule has 0 amide bonds. The topological polar surface area (TPSA) is 60.4 Å². The Bertz CT molecular complexity index is 832. The number of benzene rings is 2. The van der Waals surface area contributed by atoms with Crippen molar-refractivity contribution in [3.63, 3.8) is 0 Å². The molecule has 1 aliphatic rings. The maximum Gasteiger partial charge on any atom is 0.202 e. The third kappa shape index (κ3) is 3.70. The summed E-state index contributed by atoms with van der Waals surface area (Å²) >= 11 is 0. The smallest absolute Gasteiger partial charge is 0.202 e. The molecule has 25 heavy (non-hydrogen) atoms. The van der Waals surface area contributed by atoms with Gasteiger partial charge < -0.3 is 4.74 Å². The van der Waals surface area contributed by atoms with Crippen LogP contribution < -0.4 is 0 Å². The highest BCUT2D eigenvalue weighted by atomic mass is 16.5. The average molecular weight is 332 g/mol. The van der Waals surface area contributed by atoms with Crippen molar-refractivity contribution in [2.24, 2.45) is 0 Å². The monoisotopic (exact) mass is 332 g/mol. The van der Waals surface area contributed by atoms with Crippen LogP contribution in [0, 0.1) is 0 Å². The fourth-order valence-corrected chi connectivity index (χ4v) is 2.54. The molecule has 0 saturated carbocycles. The molecule has 0 saturated heterocycles. The van der Waals surface area contributed by atoms with Gasteiger partial charge in [0, 0.05) is 11.1 Å². The van der Waals surface area contributed by atoms with Crippen LogP contribution in [-0.2, 0) is 9.53 Å². The van der Waals surface area contributed by atoms with Gasteiger partial charge >= 0.3 is 0 Å². The normalized spacial score (nSPS) is 15.1. The minimum atomic E-state index is -1.46. The SMILES string of the molecule is O=C1C=CC(OCC(=O)c2ccccc2)(C(=O)c2ccccc2)C=C1. The van der Waals surface area contributed by atoms with E-state index < -0.39 is 5.60 Å². The molecule has 0 atom stereocenters. The van der Waals surface area contributed by atoms with Gasteiger partial charge in [0.2, 0.25) is 5.78 Å².